The second-order valence-electron chi connectivity index (χ2n) is 3.76. The number of rotatable bonds is 2. The molecule has 0 saturated heterocycles. The van der Waals surface area contributed by atoms with Crippen LogP contribution in [-0.4, -0.2) is 9.97 Å². The van der Waals surface area contributed by atoms with Gasteiger partial charge in [0.05, 0.1) is 11.0 Å². The lowest BCUT2D eigenvalue weighted by Crippen LogP contribution is -1.95. The molecule has 0 aliphatic heterocycles. The lowest BCUT2D eigenvalue weighted by atomic mass is 10.2. The Kier molecular flexibility index (Phi) is 2.82. The predicted molar refractivity (Wildman–Crippen MR) is 66.2 cm³/mol. The lowest BCUT2D eigenvalue weighted by Gasteiger charge is -1.96. The Hall–Kier alpha value is -2.30. The molecule has 1 aromatic heterocycles. The largest absolute Gasteiger partial charge is 0.404 e. The zero-order chi connectivity index (χ0) is 12.4. The highest BCUT2D eigenvalue weighted by Crippen LogP contribution is 2.18. The molecule has 1 aromatic carbocycles. The Balaban J connectivity index is 2.52. The van der Waals surface area contributed by atoms with Crippen LogP contribution in [0.2, 0.25) is 0 Å². The number of allylic oxidation sites excluding steroid dienone is 3. The van der Waals surface area contributed by atoms with Crippen LogP contribution in [0.4, 0.5) is 4.39 Å². The average Bonchev–Trinajstić information content (AvgIpc) is 2.68. The molecule has 88 valence electrons. The van der Waals surface area contributed by atoms with Crippen molar-refractivity contribution < 1.29 is 4.39 Å². The molecule has 0 aliphatic carbocycles. The first-order chi connectivity index (χ1) is 8.10. The van der Waals surface area contributed by atoms with Crippen molar-refractivity contribution in [2.24, 2.45) is 11.5 Å². The molecule has 0 amide bonds. The summed E-state index contributed by atoms with van der Waals surface area (Å²) in [6.45, 7) is 1.76. The molecule has 0 fully saturated rings. The number of hydrogen-bond acceptors (Lipinski definition) is 3. The molecule has 5 N–H and O–H groups in total. The number of nitrogens with zero attached hydrogens (tertiary/aromatic N) is 1. The second-order valence-corrected chi connectivity index (χ2v) is 3.76. The normalized spacial score (nSPS) is 13.3. The molecule has 0 unspecified atom stereocenters. The first-order valence-corrected chi connectivity index (χ1v) is 5.11. The van der Waals surface area contributed by atoms with Crippen LogP contribution in [0.3, 0.4) is 0 Å². The second kappa shape index (κ2) is 4.29. The van der Waals surface area contributed by atoms with E-state index in [1.807, 2.05) is 0 Å². The Morgan fingerprint density at radius 3 is 2.88 bits per heavy atom. The number of H-pyrrole nitrogens is 1. The molecule has 0 aliphatic rings. The first-order valence-electron chi connectivity index (χ1n) is 5.11. The number of imidazole rings is 1. The summed E-state index contributed by atoms with van der Waals surface area (Å²) in [4.78, 5) is 7.30. The molecule has 2 aromatic rings. The monoisotopic (exact) mass is 232 g/mol. The van der Waals surface area contributed by atoms with Crippen LogP contribution in [0, 0.1) is 5.82 Å². The minimum atomic E-state index is -0.309. The number of halogens is 1. The minimum absolute atomic E-state index is 0.309. The molecular formula is C12H13FN4. The quantitative estimate of drug-likeness (QED) is 0.691. The summed E-state index contributed by atoms with van der Waals surface area (Å²) < 4.78 is 13.0. The molecule has 5 heteroatoms. The van der Waals surface area contributed by atoms with Crippen LogP contribution >= 0.6 is 0 Å². The van der Waals surface area contributed by atoms with E-state index in [4.69, 9.17) is 11.5 Å². The third kappa shape index (κ3) is 2.28. The first kappa shape index (κ1) is 11.2. The summed E-state index contributed by atoms with van der Waals surface area (Å²) in [7, 11) is 0. The van der Waals surface area contributed by atoms with Crippen LogP contribution in [0.15, 0.2) is 36.2 Å². The summed E-state index contributed by atoms with van der Waals surface area (Å²) in [5.41, 5.74) is 13.7. The van der Waals surface area contributed by atoms with Crippen LogP contribution in [0.25, 0.3) is 16.6 Å². The van der Waals surface area contributed by atoms with Crippen molar-refractivity contribution >= 4 is 16.6 Å². The van der Waals surface area contributed by atoms with Crippen molar-refractivity contribution in [2.75, 3.05) is 0 Å². The van der Waals surface area contributed by atoms with E-state index in [1.165, 1.54) is 18.3 Å². The third-order valence-electron chi connectivity index (χ3n) is 2.28. The lowest BCUT2D eigenvalue weighted by molar-refractivity contribution is 0.629. The molecule has 0 atom stereocenters. The molecule has 0 saturated carbocycles. The average molecular weight is 232 g/mol. The highest BCUT2D eigenvalue weighted by molar-refractivity contribution is 5.81. The summed E-state index contributed by atoms with van der Waals surface area (Å²) in [5, 5.41) is 0. The van der Waals surface area contributed by atoms with Crippen molar-refractivity contribution in [3.05, 3.63) is 47.8 Å². The van der Waals surface area contributed by atoms with Gasteiger partial charge in [0, 0.05) is 17.5 Å². The van der Waals surface area contributed by atoms with E-state index in [-0.39, 0.29) is 5.82 Å². The van der Waals surface area contributed by atoms with Gasteiger partial charge >= 0.3 is 0 Å². The van der Waals surface area contributed by atoms with Gasteiger partial charge in [-0.3, -0.25) is 0 Å². The molecule has 0 radical (unpaired) electrons. The zero-order valence-corrected chi connectivity index (χ0v) is 9.37. The van der Waals surface area contributed by atoms with Crippen molar-refractivity contribution in [1.29, 1.82) is 0 Å². The van der Waals surface area contributed by atoms with Crippen LogP contribution in [0.5, 0.6) is 0 Å². The predicted octanol–water partition coefficient (Wildman–Crippen LogP) is 1.86. The van der Waals surface area contributed by atoms with Crippen molar-refractivity contribution in [1.82, 2.24) is 9.97 Å². The van der Waals surface area contributed by atoms with Crippen molar-refractivity contribution in [3.8, 4) is 0 Å². The third-order valence-corrected chi connectivity index (χ3v) is 2.28. The fourth-order valence-corrected chi connectivity index (χ4v) is 1.56. The molecule has 0 bridgehead atoms. The van der Waals surface area contributed by atoms with Crippen molar-refractivity contribution in [3.63, 3.8) is 0 Å². The van der Waals surface area contributed by atoms with E-state index in [1.54, 1.807) is 19.1 Å². The van der Waals surface area contributed by atoms with Crippen LogP contribution in [0.1, 0.15) is 12.7 Å². The van der Waals surface area contributed by atoms with Gasteiger partial charge in [0.15, 0.2) is 0 Å². The number of hydrogen-bond donors (Lipinski definition) is 3. The van der Waals surface area contributed by atoms with Gasteiger partial charge in [-0.2, -0.15) is 0 Å². The maximum atomic E-state index is 13.0. The van der Waals surface area contributed by atoms with Crippen LogP contribution < -0.4 is 11.5 Å². The summed E-state index contributed by atoms with van der Waals surface area (Å²) in [6.07, 6.45) is 3.11. The Morgan fingerprint density at radius 2 is 2.24 bits per heavy atom. The van der Waals surface area contributed by atoms with Crippen LogP contribution in [-0.2, 0) is 0 Å². The molecular weight excluding hydrogens is 219 g/mol. The van der Waals surface area contributed by atoms with Gasteiger partial charge in [-0.25, -0.2) is 9.37 Å². The Morgan fingerprint density at radius 1 is 1.47 bits per heavy atom. The minimum Gasteiger partial charge on any atom is -0.404 e. The maximum absolute atomic E-state index is 13.0. The smallest absolute Gasteiger partial charge is 0.140 e. The van der Waals surface area contributed by atoms with E-state index in [9.17, 15) is 4.39 Å². The molecule has 2 rings (SSSR count). The highest BCUT2D eigenvalue weighted by Gasteiger charge is 2.06. The van der Waals surface area contributed by atoms with E-state index < -0.39 is 0 Å². The number of aromatic nitrogens is 2. The zero-order valence-electron chi connectivity index (χ0n) is 9.37. The summed E-state index contributed by atoms with van der Waals surface area (Å²) >= 11 is 0. The number of nitrogens with one attached hydrogen (secondary N) is 1. The van der Waals surface area contributed by atoms with Gasteiger partial charge in [0.1, 0.15) is 11.6 Å². The standard InChI is InChI=1S/C12H13FN4/c1-7(15)4-8(6-14)12-16-10-3-2-9(13)5-11(10)17-12/h2-6H,14-15H2,1H3,(H,16,17)/b7-4-,8-6+. The summed E-state index contributed by atoms with van der Waals surface area (Å²) in [6, 6.07) is 4.36. The molecule has 4 nitrogen and oxygen atoms in total. The molecule has 1 heterocycles. The maximum Gasteiger partial charge on any atom is 0.140 e. The van der Waals surface area contributed by atoms with Gasteiger partial charge in [0.25, 0.3) is 0 Å². The Labute approximate surface area is 97.8 Å². The summed E-state index contributed by atoms with van der Waals surface area (Å²) in [5.74, 6) is 0.259. The number of nitrogens with two attached hydrogens (primary N) is 2. The SMILES string of the molecule is C/C(N)=C/C(=C\N)c1nc2ccc(F)cc2[nH]1. The molecule has 0 spiro atoms. The van der Waals surface area contributed by atoms with Gasteiger partial charge in [-0.15, -0.1) is 0 Å². The van der Waals surface area contributed by atoms with Crippen molar-refractivity contribution in [2.45, 2.75) is 6.92 Å². The van der Waals surface area contributed by atoms with Gasteiger partial charge in [-0.05, 0) is 31.2 Å². The van der Waals surface area contributed by atoms with E-state index in [2.05, 4.69) is 9.97 Å². The van der Waals surface area contributed by atoms with E-state index >= 15 is 0 Å². The fraction of sp³-hybridized carbons (Fsp3) is 0.0833. The highest BCUT2D eigenvalue weighted by atomic mass is 19.1. The van der Waals surface area contributed by atoms with Gasteiger partial charge in [-0.1, -0.05) is 0 Å². The van der Waals surface area contributed by atoms with E-state index in [0.717, 1.165) is 0 Å². The van der Waals surface area contributed by atoms with E-state index in [0.29, 0.717) is 28.1 Å². The topological polar surface area (TPSA) is 80.7 Å². The number of aromatic amines is 1. The Bertz CT molecular complexity index is 606. The fourth-order valence-electron chi connectivity index (χ4n) is 1.56. The van der Waals surface area contributed by atoms with Gasteiger partial charge in [0.2, 0.25) is 0 Å². The number of benzene rings is 1. The molecule has 17 heavy (non-hydrogen) atoms. The van der Waals surface area contributed by atoms with Gasteiger partial charge < -0.3 is 16.5 Å². The number of fused-ring (bicyclic) bond motifs is 1.